The minimum Gasteiger partial charge on any atom is -0.396 e. The van der Waals surface area contributed by atoms with Gasteiger partial charge in [-0.1, -0.05) is 19.8 Å². The molecule has 1 rings (SSSR count). The van der Waals surface area contributed by atoms with Crippen LogP contribution in [0.3, 0.4) is 0 Å². The lowest BCUT2D eigenvalue weighted by Crippen LogP contribution is -2.69. The van der Waals surface area contributed by atoms with Gasteiger partial charge in [0.25, 0.3) is 0 Å². The summed E-state index contributed by atoms with van der Waals surface area (Å²) in [6.07, 6.45) is 3.16. The number of nitriles is 1. The number of Topliss-reactive ketones (excluding diaryl/α,β-unsaturated/α-hetero) is 1. The number of hydrogen-bond acceptors (Lipinski definition) is 5. The van der Waals surface area contributed by atoms with Crippen molar-refractivity contribution in [2.45, 2.75) is 50.3 Å². The highest BCUT2D eigenvalue weighted by Crippen LogP contribution is 2.47. The number of ketones is 1. The predicted octanol–water partition coefficient (Wildman–Crippen LogP) is 2.34. The maximum atomic E-state index is 12.4. The van der Waals surface area contributed by atoms with Crippen LogP contribution in [-0.2, 0) is 18.4 Å². The molecule has 114 valence electrons. The van der Waals surface area contributed by atoms with Gasteiger partial charge >= 0.3 is 8.56 Å². The largest absolute Gasteiger partial charge is 0.396 e. The van der Waals surface area contributed by atoms with Gasteiger partial charge in [-0.2, -0.15) is 5.26 Å². The summed E-state index contributed by atoms with van der Waals surface area (Å²) in [7, 11) is 2.29. The Bertz CT molecular complexity index is 378. The molecule has 2 unspecified atom stereocenters. The Morgan fingerprint density at radius 1 is 1.40 bits per heavy atom. The van der Waals surface area contributed by atoms with Crippen molar-refractivity contribution in [2.24, 2.45) is 5.92 Å². The summed E-state index contributed by atoms with van der Waals surface area (Å²) in [6, 6.07) is 2.78. The van der Waals surface area contributed by atoms with E-state index in [2.05, 4.69) is 6.92 Å². The van der Waals surface area contributed by atoms with Crippen LogP contribution in [-0.4, -0.2) is 40.9 Å². The first kappa shape index (κ1) is 17.3. The highest BCUT2D eigenvalue weighted by atomic mass is 28.4. The number of ether oxygens (including phenoxy) is 1. The Morgan fingerprint density at radius 3 is 2.50 bits per heavy atom. The monoisotopic (exact) mass is 299 g/mol. The Morgan fingerprint density at radius 2 is 2.05 bits per heavy atom. The third kappa shape index (κ3) is 2.68. The molecule has 2 atom stereocenters. The number of hydrogen-bond donors (Lipinski definition) is 0. The fourth-order valence-electron chi connectivity index (χ4n) is 3.64. The van der Waals surface area contributed by atoms with Crippen LogP contribution in [0, 0.1) is 17.2 Å². The van der Waals surface area contributed by atoms with Crippen molar-refractivity contribution >= 4 is 14.3 Å². The molecule has 1 aliphatic rings. The predicted molar refractivity (Wildman–Crippen MR) is 77.2 cm³/mol. The second-order valence-electron chi connectivity index (χ2n) is 5.25. The van der Waals surface area contributed by atoms with E-state index < -0.39 is 13.8 Å². The van der Waals surface area contributed by atoms with E-state index in [1.807, 2.05) is 6.07 Å². The van der Waals surface area contributed by atoms with Crippen LogP contribution in [0.15, 0.2) is 0 Å². The summed E-state index contributed by atoms with van der Waals surface area (Å²) in [5.41, 5.74) is 0. The molecule has 20 heavy (non-hydrogen) atoms. The van der Waals surface area contributed by atoms with E-state index in [0.29, 0.717) is 0 Å². The minimum absolute atomic E-state index is 0.0477. The Balaban J connectivity index is 3.28. The smallest absolute Gasteiger partial charge is 0.371 e. The van der Waals surface area contributed by atoms with E-state index in [0.717, 1.165) is 31.7 Å². The maximum Gasteiger partial charge on any atom is 0.371 e. The van der Waals surface area contributed by atoms with Gasteiger partial charge in [-0.25, -0.2) is 0 Å². The zero-order valence-electron chi connectivity index (χ0n) is 12.9. The standard InChI is InChI=1S/C14H25NO4Si/c1-5-9-14(17-2)12(13(16)8-10-15)7-6-11-20(14,18-3)19-4/h12H,5-9,11H2,1-4H3. The first-order valence-electron chi connectivity index (χ1n) is 7.12. The van der Waals surface area contributed by atoms with Crippen molar-refractivity contribution in [1.82, 2.24) is 0 Å². The van der Waals surface area contributed by atoms with Crippen molar-refractivity contribution in [3.8, 4) is 6.07 Å². The summed E-state index contributed by atoms with van der Waals surface area (Å²) < 4.78 is 17.5. The molecule has 1 aliphatic heterocycles. The molecule has 1 heterocycles. The molecule has 0 N–H and O–H groups in total. The Kier molecular flexibility index (Phi) is 6.33. The summed E-state index contributed by atoms with van der Waals surface area (Å²) in [4.78, 5) is 12.4. The highest BCUT2D eigenvalue weighted by Gasteiger charge is 2.64. The van der Waals surface area contributed by atoms with Gasteiger partial charge in [-0.15, -0.1) is 0 Å². The molecule has 1 fully saturated rings. The first-order chi connectivity index (χ1) is 9.57. The summed E-state index contributed by atoms with van der Waals surface area (Å²) >= 11 is 0. The van der Waals surface area contributed by atoms with Gasteiger partial charge < -0.3 is 13.6 Å². The third-order valence-corrected chi connectivity index (χ3v) is 8.92. The van der Waals surface area contributed by atoms with Crippen molar-refractivity contribution in [1.29, 1.82) is 5.26 Å². The van der Waals surface area contributed by atoms with Crippen LogP contribution in [0.4, 0.5) is 0 Å². The zero-order valence-corrected chi connectivity index (χ0v) is 13.9. The lowest BCUT2D eigenvalue weighted by molar-refractivity contribution is -0.134. The molecule has 0 aliphatic carbocycles. The van der Waals surface area contributed by atoms with E-state index in [1.165, 1.54) is 0 Å². The number of carbonyl (C=O) groups is 1. The lowest BCUT2D eigenvalue weighted by atomic mass is 9.87. The fraction of sp³-hybridized carbons (Fsp3) is 0.857. The number of carbonyl (C=O) groups excluding carboxylic acids is 1. The molecule has 0 aromatic carbocycles. The Labute approximate surface area is 122 Å². The average molecular weight is 299 g/mol. The third-order valence-electron chi connectivity index (χ3n) is 4.49. The van der Waals surface area contributed by atoms with Gasteiger partial charge in [0.1, 0.15) is 5.22 Å². The highest BCUT2D eigenvalue weighted by molar-refractivity contribution is 6.71. The van der Waals surface area contributed by atoms with Gasteiger partial charge in [0.15, 0.2) is 5.78 Å². The van der Waals surface area contributed by atoms with Crippen LogP contribution in [0.2, 0.25) is 6.04 Å². The van der Waals surface area contributed by atoms with E-state index >= 15 is 0 Å². The molecule has 0 spiro atoms. The van der Waals surface area contributed by atoms with Crippen LogP contribution < -0.4 is 0 Å². The number of nitrogens with zero attached hydrogens (tertiary/aromatic N) is 1. The molecular formula is C14H25NO4Si. The van der Waals surface area contributed by atoms with Gasteiger partial charge in [-0.3, -0.25) is 4.79 Å². The van der Waals surface area contributed by atoms with E-state index in [-0.39, 0.29) is 18.1 Å². The molecular weight excluding hydrogens is 274 g/mol. The van der Waals surface area contributed by atoms with Gasteiger partial charge in [0.05, 0.1) is 12.5 Å². The SMILES string of the molecule is CCCC1(OC)C(C(=O)CC#N)CCC[Si]1(OC)OC. The van der Waals surface area contributed by atoms with E-state index in [4.69, 9.17) is 18.9 Å². The van der Waals surface area contributed by atoms with Gasteiger partial charge in [0, 0.05) is 27.2 Å². The van der Waals surface area contributed by atoms with Crippen LogP contribution in [0.1, 0.15) is 39.0 Å². The molecule has 0 amide bonds. The van der Waals surface area contributed by atoms with Crippen molar-refractivity contribution in [2.75, 3.05) is 21.3 Å². The molecule has 0 aromatic heterocycles. The van der Waals surface area contributed by atoms with Crippen molar-refractivity contribution < 1.29 is 18.4 Å². The maximum absolute atomic E-state index is 12.4. The summed E-state index contributed by atoms with van der Waals surface area (Å²) in [6.45, 7) is 2.06. The molecule has 1 saturated heterocycles. The second-order valence-corrected chi connectivity index (χ2v) is 8.92. The quantitative estimate of drug-likeness (QED) is 0.675. The lowest BCUT2D eigenvalue weighted by Gasteiger charge is -2.51. The molecule has 0 radical (unpaired) electrons. The summed E-state index contributed by atoms with van der Waals surface area (Å²) in [5.74, 6) is -0.346. The van der Waals surface area contributed by atoms with E-state index in [1.54, 1.807) is 21.3 Å². The fourth-order valence-corrected chi connectivity index (χ4v) is 7.78. The normalized spacial score (nSPS) is 28.9. The Hall–Kier alpha value is -0.743. The molecule has 6 heteroatoms. The van der Waals surface area contributed by atoms with Gasteiger partial charge in [0.2, 0.25) is 0 Å². The zero-order chi connectivity index (χ0) is 15.2. The molecule has 0 aromatic rings. The summed E-state index contributed by atoms with van der Waals surface area (Å²) in [5, 5.41) is 8.14. The van der Waals surface area contributed by atoms with Crippen molar-refractivity contribution in [3.63, 3.8) is 0 Å². The minimum atomic E-state index is -2.64. The van der Waals surface area contributed by atoms with Gasteiger partial charge in [-0.05, 0) is 18.9 Å². The molecule has 0 bridgehead atoms. The van der Waals surface area contributed by atoms with Crippen molar-refractivity contribution in [3.05, 3.63) is 0 Å². The van der Waals surface area contributed by atoms with E-state index in [9.17, 15) is 4.79 Å². The number of methoxy groups -OCH3 is 1. The average Bonchev–Trinajstić information content (AvgIpc) is 2.47. The first-order valence-corrected chi connectivity index (χ1v) is 9.15. The molecule has 0 saturated carbocycles. The van der Waals surface area contributed by atoms with Crippen LogP contribution >= 0.6 is 0 Å². The van der Waals surface area contributed by atoms with Crippen LogP contribution in [0.5, 0.6) is 0 Å². The molecule has 5 nitrogen and oxygen atoms in total. The van der Waals surface area contributed by atoms with Crippen LogP contribution in [0.25, 0.3) is 0 Å². The second kappa shape index (κ2) is 7.32. The number of rotatable bonds is 7. The topological polar surface area (TPSA) is 68.6 Å².